The Kier molecular flexibility index (Phi) is 8.63. The van der Waals surface area contributed by atoms with E-state index in [9.17, 15) is 19.8 Å². The summed E-state index contributed by atoms with van der Waals surface area (Å²) in [6.45, 7) is 9.62. The zero-order valence-electron chi connectivity index (χ0n) is 24.8. The van der Waals surface area contributed by atoms with Gasteiger partial charge in [-0.25, -0.2) is 4.79 Å². The Morgan fingerprint density at radius 3 is 2.60 bits per heavy atom. The van der Waals surface area contributed by atoms with E-state index in [0.29, 0.717) is 46.7 Å². The minimum Gasteiger partial charge on any atom is -0.444 e. The van der Waals surface area contributed by atoms with Crippen LogP contribution in [0.25, 0.3) is 16.5 Å². The van der Waals surface area contributed by atoms with Crippen LogP contribution in [0.15, 0.2) is 52.5 Å². The lowest BCUT2D eigenvalue weighted by atomic mass is 9.93. The Bertz CT molecular complexity index is 1620. The number of halogens is 1. The topological polar surface area (TPSA) is 131 Å². The van der Waals surface area contributed by atoms with Crippen LogP contribution in [0.4, 0.5) is 4.79 Å². The number of piperazine rings is 1. The van der Waals surface area contributed by atoms with Crippen molar-refractivity contribution < 1.29 is 24.5 Å². The molecular formula is C31H36ClN5O5S. The third-order valence-corrected chi connectivity index (χ3v) is 8.88. The van der Waals surface area contributed by atoms with Gasteiger partial charge in [0.05, 0.1) is 34.9 Å². The smallest absolute Gasteiger partial charge is 0.410 e. The highest BCUT2D eigenvalue weighted by Crippen LogP contribution is 2.39. The number of thioether (sulfide) groups is 1. The summed E-state index contributed by atoms with van der Waals surface area (Å²) in [4.78, 5) is 34.6. The zero-order chi connectivity index (χ0) is 31.1. The Labute approximate surface area is 259 Å². The van der Waals surface area contributed by atoms with Gasteiger partial charge in [0.2, 0.25) is 0 Å². The van der Waals surface area contributed by atoms with Crippen LogP contribution in [-0.2, 0) is 21.6 Å². The minimum atomic E-state index is -1.05. The molecule has 10 nitrogen and oxygen atoms in total. The molecule has 2 aliphatic heterocycles. The highest BCUT2D eigenvalue weighted by Gasteiger charge is 2.37. The summed E-state index contributed by atoms with van der Waals surface area (Å²) >= 11 is 7.99. The average Bonchev–Trinajstić information content (AvgIpc) is 3.56. The quantitative estimate of drug-likeness (QED) is 0.340. The number of aliphatic imine (C=N–C) groups is 1. The maximum Gasteiger partial charge on any atom is 0.410 e. The first-order valence-corrected chi connectivity index (χ1v) is 15.3. The Morgan fingerprint density at radius 1 is 1.16 bits per heavy atom. The summed E-state index contributed by atoms with van der Waals surface area (Å²) in [7, 11) is 0. The summed E-state index contributed by atoms with van der Waals surface area (Å²) in [5.41, 5.74) is 2.27. The van der Waals surface area contributed by atoms with Crippen LogP contribution < -0.4 is 0 Å². The standard InChI is InChI=1S/C31H36ClN5O5S/c1-30(2,3)42-29(40)37-11-10-36(16-22(37)17-38)28-34-27(39)26(43-28)23(18-7-9-25-20(12-18)15-33-35-25)13-19-6-8-21(14-24(19)32)31(4,5)41/h6-9,12,14-15,22,38,41H,10-11,13,16-17H2,1-5H3,(H,33,35)/t22-/m1/s1. The van der Waals surface area contributed by atoms with E-state index in [0.717, 1.165) is 27.6 Å². The number of amides is 2. The number of carbonyl (C=O) groups is 2. The first-order chi connectivity index (χ1) is 20.2. The molecule has 0 spiro atoms. The van der Waals surface area contributed by atoms with E-state index in [1.165, 1.54) is 16.7 Å². The predicted octanol–water partition coefficient (Wildman–Crippen LogP) is 4.94. The van der Waals surface area contributed by atoms with Gasteiger partial charge >= 0.3 is 6.09 Å². The van der Waals surface area contributed by atoms with E-state index in [1.807, 2.05) is 35.2 Å². The van der Waals surface area contributed by atoms with Crippen LogP contribution in [0, 0.1) is 0 Å². The molecule has 228 valence electrons. The molecule has 43 heavy (non-hydrogen) atoms. The number of nitrogens with zero attached hydrogens (tertiary/aromatic N) is 4. The van der Waals surface area contributed by atoms with E-state index in [-0.39, 0.29) is 12.5 Å². The highest BCUT2D eigenvalue weighted by atomic mass is 35.5. The molecule has 1 atom stereocenters. The molecule has 3 heterocycles. The van der Waals surface area contributed by atoms with E-state index in [2.05, 4.69) is 15.2 Å². The number of aliphatic hydroxyl groups is 2. The number of rotatable bonds is 5. The molecule has 0 aliphatic carbocycles. The number of H-pyrrole nitrogens is 1. The normalized spacial score (nSPS) is 19.2. The molecule has 1 fully saturated rings. The van der Waals surface area contributed by atoms with E-state index < -0.39 is 23.3 Å². The van der Waals surface area contributed by atoms with Crippen molar-refractivity contribution in [2.45, 2.75) is 58.3 Å². The average molecular weight is 626 g/mol. The second kappa shape index (κ2) is 12.0. The molecule has 2 aromatic carbocycles. The van der Waals surface area contributed by atoms with Gasteiger partial charge in [0, 0.05) is 36.5 Å². The van der Waals surface area contributed by atoms with Gasteiger partial charge in [-0.1, -0.05) is 29.8 Å². The van der Waals surface area contributed by atoms with Crippen LogP contribution in [0.2, 0.25) is 5.02 Å². The monoisotopic (exact) mass is 625 g/mol. The first-order valence-electron chi connectivity index (χ1n) is 14.1. The Balaban J connectivity index is 1.45. The molecule has 5 rings (SSSR count). The molecule has 3 N–H and O–H groups in total. The summed E-state index contributed by atoms with van der Waals surface area (Å²) < 4.78 is 5.53. The number of hydrogen-bond donors (Lipinski definition) is 3. The number of hydrogen-bond acceptors (Lipinski definition) is 8. The number of aromatic nitrogens is 2. The molecular weight excluding hydrogens is 590 g/mol. The zero-order valence-corrected chi connectivity index (χ0v) is 26.4. The van der Waals surface area contributed by atoms with E-state index in [1.54, 1.807) is 46.9 Å². The fourth-order valence-electron chi connectivity index (χ4n) is 5.07. The lowest BCUT2D eigenvalue weighted by Crippen LogP contribution is -2.58. The van der Waals surface area contributed by atoms with Crippen molar-refractivity contribution in [1.29, 1.82) is 0 Å². The number of carbonyl (C=O) groups excluding carboxylic acids is 2. The number of aromatic amines is 1. The summed E-state index contributed by atoms with van der Waals surface area (Å²) in [6, 6.07) is 10.8. The fraction of sp³-hybridized carbons (Fsp3) is 0.419. The third kappa shape index (κ3) is 6.90. The second-order valence-corrected chi connectivity index (χ2v) is 13.7. The molecule has 0 unspecified atom stereocenters. The predicted molar refractivity (Wildman–Crippen MR) is 169 cm³/mol. The van der Waals surface area contributed by atoms with Gasteiger partial charge in [0.1, 0.15) is 5.60 Å². The summed E-state index contributed by atoms with van der Waals surface area (Å²) in [5, 5.41) is 29.5. The lowest BCUT2D eigenvalue weighted by molar-refractivity contribution is -0.113. The number of fused-ring (bicyclic) bond motifs is 1. The maximum atomic E-state index is 13.5. The molecule has 0 saturated carbocycles. The Hall–Kier alpha value is -3.38. The van der Waals surface area contributed by atoms with Crippen LogP contribution in [-0.4, -0.2) is 85.3 Å². The molecule has 2 amide bonds. The number of aliphatic hydroxyl groups excluding tert-OH is 1. The lowest BCUT2D eigenvalue weighted by Gasteiger charge is -2.41. The van der Waals surface area contributed by atoms with Crippen molar-refractivity contribution in [2.75, 3.05) is 26.2 Å². The van der Waals surface area contributed by atoms with Gasteiger partial charge in [0.15, 0.2) is 5.17 Å². The van der Waals surface area contributed by atoms with Gasteiger partial charge in [-0.05, 0) is 86.8 Å². The van der Waals surface area contributed by atoms with Crippen LogP contribution in [0.3, 0.4) is 0 Å². The summed E-state index contributed by atoms with van der Waals surface area (Å²) in [6.07, 6.45) is 1.61. The first kappa shape index (κ1) is 31.1. The van der Waals surface area contributed by atoms with Crippen LogP contribution >= 0.6 is 23.4 Å². The van der Waals surface area contributed by atoms with Crippen molar-refractivity contribution in [1.82, 2.24) is 20.0 Å². The van der Waals surface area contributed by atoms with Crippen LogP contribution in [0.1, 0.15) is 51.3 Å². The molecule has 3 aromatic rings. The number of nitrogens with one attached hydrogen (secondary N) is 1. The Morgan fingerprint density at radius 2 is 1.93 bits per heavy atom. The van der Waals surface area contributed by atoms with Gasteiger partial charge in [-0.2, -0.15) is 10.1 Å². The minimum absolute atomic E-state index is 0.251. The second-order valence-electron chi connectivity index (χ2n) is 12.3. The van der Waals surface area contributed by atoms with Crippen molar-refractivity contribution >= 4 is 57.0 Å². The van der Waals surface area contributed by atoms with Crippen molar-refractivity contribution in [3.63, 3.8) is 0 Å². The van der Waals surface area contributed by atoms with E-state index in [4.69, 9.17) is 16.3 Å². The number of benzene rings is 2. The molecule has 0 radical (unpaired) electrons. The third-order valence-electron chi connectivity index (χ3n) is 7.37. The van der Waals surface area contributed by atoms with Crippen molar-refractivity contribution in [2.24, 2.45) is 4.99 Å². The number of ether oxygens (including phenoxy) is 1. The number of amidine groups is 1. The molecule has 12 heteroatoms. The molecule has 1 aromatic heterocycles. The van der Waals surface area contributed by atoms with Gasteiger partial charge in [0.25, 0.3) is 5.91 Å². The van der Waals surface area contributed by atoms with E-state index >= 15 is 0 Å². The van der Waals surface area contributed by atoms with Gasteiger partial charge in [-0.3, -0.25) is 14.8 Å². The van der Waals surface area contributed by atoms with Crippen molar-refractivity contribution in [3.8, 4) is 0 Å². The summed E-state index contributed by atoms with van der Waals surface area (Å²) in [5.74, 6) is -0.360. The van der Waals surface area contributed by atoms with Crippen LogP contribution in [0.5, 0.6) is 0 Å². The SMILES string of the molecule is CC(C)(C)OC(=O)N1CCN(C2=NC(=O)C(=C(Cc3ccc(C(C)(C)O)cc3Cl)c3ccc4[nH]ncc4c3)S2)C[C@@H]1CO. The molecule has 0 bridgehead atoms. The van der Waals surface area contributed by atoms with Crippen molar-refractivity contribution in [3.05, 3.63) is 69.2 Å². The van der Waals surface area contributed by atoms with Gasteiger partial charge < -0.3 is 19.8 Å². The largest absolute Gasteiger partial charge is 0.444 e. The highest BCUT2D eigenvalue weighted by molar-refractivity contribution is 8.18. The number of allylic oxidation sites excluding steroid dienone is 1. The maximum absolute atomic E-state index is 13.5. The fourth-order valence-corrected chi connectivity index (χ4v) is 6.37. The molecule has 1 saturated heterocycles. The molecule has 2 aliphatic rings. The van der Waals surface area contributed by atoms with Gasteiger partial charge in [-0.15, -0.1) is 0 Å².